The van der Waals surface area contributed by atoms with Crippen LogP contribution in [0.4, 0.5) is 13.2 Å². The van der Waals surface area contributed by atoms with Gasteiger partial charge in [-0.05, 0) is 41.2 Å². The van der Waals surface area contributed by atoms with Crippen LogP contribution in [0.25, 0.3) is 32.9 Å². The van der Waals surface area contributed by atoms with Gasteiger partial charge in [-0.15, -0.1) is 0 Å². The SMILES string of the molecule is Cc1c2c(c(C)c3ccccc13)-c1c3c(cc(C(F)(F)F)cc3nc[n+]1C)O2. The van der Waals surface area contributed by atoms with E-state index in [1.54, 1.807) is 6.33 Å². The lowest BCUT2D eigenvalue weighted by Crippen LogP contribution is -2.33. The molecule has 1 aliphatic rings. The zero-order valence-electron chi connectivity index (χ0n) is 15.5. The molecular formula is C22H16F3N2O+. The van der Waals surface area contributed by atoms with Gasteiger partial charge in [-0.2, -0.15) is 13.2 Å². The molecule has 0 fully saturated rings. The van der Waals surface area contributed by atoms with Crippen LogP contribution >= 0.6 is 0 Å². The largest absolute Gasteiger partial charge is 0.455 e. The summed E-state index contributed by atoms with van der Waals surface area (Å²) in [6, 6.07) is 10.1. The molecule has 0 amide bonds. The van der Waals surface area contributed by atoms with Gasteiger partial charge < -0.3 is 4.74 Å². The van der Waals surface area contributed by atoms with Crippen molar-refractivity contribution < 1.29 is 22.5 Å². The van der Waals surface area contributed by atoms with Crippen molar-refractivity contribution in [1.82, 2.24) is 4.98 Å². The Labute approximate surface area is 159 Å². The molecule has 0 saturated carbocycles. The van der Waals surface area contributed by atoms with Crippen LogP contribution in [0.3, 0.4) is 0 Å². The standard InChI is InChI=1S/C22H16F3N2O/c1-11-14-6-4-5-7-15(14)12(2)21-18(11)20-19-16(26-10-27(20)3)8-13(22(23,24)25)9-17(19)28-21/h4-10H,1-3H3/q+1. The molecule has 0 unspecified atom stereocenters. The number of halogens is 3. The van der Waals surface area contributed by atoms with Crippen LogP contribution in [-0.4, -0.2) is 4.98 Å². The van der Waals surface area contributed by atoms with Crippen LogP contribution in [0.2, 0.25) is 0 Å². The molecule has 1 aromatic heterocycles. The van der Waals surface area contributed by atoms with E-state index in [0.29, 0.717) is 11.1 Å². The highest BCUT2D eigenvalue weighted by Gasteiger charge is 2.36. The molecule has 0 radical (unpaired) electrons. The first-order valence-corrected chi connectivity index (χ1v) is 8.87. The summed E-state index contributed by atoms with van der Waals surface area (Å²) in [6.45, 7) is 3.96. The second-order valence-corrected chi connectivity index (χ2v) is 7.17. The minimum Gasteiger partial charge on any atom is -0.455 e. The molecule has 0 N–H and O–H groups in total. The van der Waals surface area contributed by atoms with E-state index >= 15 is 0 Å². The van der Waals surface area contributed by atoms with E-state index in [1.165, 1.54) is 0 Å². The summed E-state index contributed by atoms with van der Waals surface area (Å²) >= 11 is 0. The molecule has 28 heavy (non-hydrogen) atoms. The molecule has 3 aromatic carbocycles. The number of aromatic nitrogens is 2. The highest BCUT2D eigenvalue weighted by molar-refractivity contribution is 6.05. The molecule has 6 heteroatoms. The molecule has 3 nitrogen and oxygen atoms in total. The van der Waals surface area contributed by atoms with Gasteiger partial charge in [0, 0.05) is 11.6 Å². The monoisotopic (exact) mass is 381 g/mol. The van der Waals surface area contributed by atoms with Crippen molar-refractivity contribution in [2.75, 3.05) is 0 Å². The van der Waals surface area contributed by atoms with Crippen LogP contribution in [0, 0.1) is 13.8 Å². The molecule has 4 aromatic rings. The Kier molecular flexibility index (Phi) is 3.30. The van der Waals surface area contributed by atoms with E-state index in [9.17, 15) is 13.2 Å². The first-order chi connectivity index (χ1) is 13.3. The van der Waals surface area contributed by atoms with Crippen LogP contribution in [0.15, 0.2) is 42.7 Å². The minimum absolute atomic E-state index is 0.189. The van der Waals surface area contributed by atoms with E-state index in [-0.39, 0.29) is 11.3 Å². The Morgan fingerprint density at radius 3 is 2.36 bits per heavy atom. The third-order valence-corrected chi connectivity index (χ3v) is 5.49. The molecule has 140 valence electrons. The lowest BCUT2D eigenvalue weighted by Gasteiger charge is -2.25. The maximum absolute atomic E-state index is 13.4. The fraction of sp³-hybridized carbons (Fsp3) is 0.182. The number of alkyl halides is 3. The summed E-state index contributed by atoms with van der Waals surface area (Å²) in [4.78, 5) is 4.23. The third-order valence-electron chi connectivity index (χ3n) is 5.49. The van der Waals surface area contributed by atoms with E-state index < -0.39 is 11.7 Å². The average molecular weight is 381 g/mol. The van der Waals surface area contributed by atoms with E-state index in [1.807, 2.05) is 43.7 Å². The van der Waals surface area contributed by atoms with Gasteiger partial charge >= 0.3 is 6.18 Å². The number of fused-ring (bicyclic) bond motifs is 3. The molecule has 0 bridgehead atoms. The quantitative estimate of drug-likeness (QED) is 0.325. The van der Waals surface area contributed by atoms with Gasteiger partial charge in [0.05, 0.1) is 18.2 Å². The number of ether oxygens (including phenoxy) is 1. The number of rotatable bonds is 0. The van der Waals surface area contributed by atoms with E-state index in [4.69, 9.17) is 4.74 Å². The zero-order valence-corrected chi connectivity index (χ0v) is 15.5. The van der Waals surface area contributed by atoms with Crippen molar-refractivity contribution in [3.63, 3.8) is 0 Å². The number of aryl methyl sites for hydroxylation is 3. The normalized spacial score (nSPS) is 12.9. The molecule has 1 aliphatic heterocycles. The molecule has 0 atom stereocenters. The summed E-state index contributed by atoms with van der Waals surface area (Å²) in [7, 11) is 1.85. The highest BCUT2D eigenvalue weighted by atomic mass is 19.4. The second kappa shape index (κ2) is 5.44. The van der Waals surface area contributed by atoms with Crippen molar-refractivity contribution in [3.05, 3.63) is 59.4 Å². The smallest absolute Gasteiger partial charge is 0.416 e. The summed E-state index contributed by atoms with van der Waals surface area (Å²) in [5, 5.41) is 2.73. The van der Waals surface area contributed by atoms with Crippen LogP contribution in [-0.2, 0) is 13.2 Å². The Hall–Kier alpha value is -3.15. The van der Waals surface area contributed by atoms with E-state index in [2.05, 4.69) is 11.1 Å². The summed E-state index contributed by atoms with van der Waals surface area (Å²) < 4.78 is 48.1. The van der Waals surface area contributed by atoms with Gasteiger partial charge in [0.15, 0.2) is 11.2 Å². The van der Waals surface area contributed by atoms with Gasteiger partial charge in [0.2, 0.25) is 0 Å². The topological polar surface area (TPSA) is 26.0 Å². The molecule has 0 aliphatic carbocycles. The molecule has 5 rings (SSSR count). The summed E-state index contributed by atoms with van der Waals surface area (Å²) in [5.74, 6) is 0.792. The Morgan fingerprint density at radius 2 is 1.68 bits per heavy atom. The van der Waals surface area contributed by atoms with Crippen LogP contribution < -0.4 is 9.30 Å². The first-order valence-electron chi connectivity index (χ1n) is 8.87. The average Bonchev–Trinajstić information content (AvgIpc) is 2.67. The van der Waals surface area contributed by atoms with Gasteiger partial charge in [-0.25, -0.2) is 4.57 Å². The van der Waals surface area contributed by atoms with Gasteiger partial charge in [-0.3, -0.25) is 0 Å². The van der Waals surface area contributed by atoms with Crippen LogP contribution in [0.5, 0.6) is 11.5 Å². The Morgan fingerprint density at radius 1 is 1.00 bits per heavy atom. The van der Waals surface area contributed by atoms with Gasteiger partial charge in [-0.1, -0.05) is 24.3 Å². The lowest BCUT2D eigenvalue weighted by atomic mass is 9.89. The molecule has 2 heterocycles. The fourth-order valence-corrected chi connectivity index (χ4v) is 4.14. The molecule has 0 saturated heterocycles. The van der Waals surface area contributed by atoms with Crippen molar-refractivity contribution >= 4 is 21.7 Å². The number of benzene rings is 3. The molecular weight excluding hydrogens is 365 g/mol. The van der Waals surface area contributed by atoms with Crippen molar-refractivity contribution in [3.8, 4) is 22.8 Å². The van der Waals surface area contributed by atoms with Crippen molar-refractivity contribution in [2.45, 2.75) is 20.0 Å². The van der Waals surface area contributed by atoms with Crippen molar-refractivity contribution in [2.24, 2.45) is 7.05 Å². The minimum atomic E-state index is -4.47. The van der Waals surface area contributed by atoms with Crippen molar-refractivity contribution in [1.29, 1.82) is 0 Å². The van der Waals surface area contributed by atoms with Crippen LogP contribution in [0.1, 0.15) is 16.7 Å². The summed E-state index contributed by atoms with van der Waals surface area (Å²) in [5.41, 5.74) is 3.17. The first kappa shape index (κ1) is 17.0. The second-order valence-electron chi connectivity index (χ2n) is 7.17. The third kappa shape index (κ3) is 2.17. The van der Waals surface area contributed by atoms with Gasteiger partial charge in [0.1, 0.15) is 16.9 Å². The highest BCUT2D eigenvalue weighted by Crippen LogP contribution is 2.51. The fourth-order valence-electron chi connectivity index (χ4n) is 4.14. The maximum atomic E-state index is 13.4. The van der Waals surface area contributed by atoms with Gasteiger partial charge in [0.25, 0.3) is 6.33 Å². The number of hydrogen-bond donors (Lipinski definition) is 0. The molecule has 0 spiro atoms. The predicted molar refractivity (Wildman–Crippen MR) is 100 cm³/mol. The Balaban J connectivity index is 1.97. The predicted octanol–water partition coefficient (Wildman–Crippen LogP) is 5.62. The number of nitrogens with zero attached hydrogens (tertiary/aromatic N) is 2. The maximum Gasteiger partial charge on any atom is 0.416 e. The zero-order chi connectivity index (χ0) is 19.8. The number of hydrogen-bond acceptors (Lipinski definition) is 2. The lowest BCUT2D eigenvalue weighted by molar-refractivity contribution is -0.662. The summed E-state index contributed by atoms with van der Waals surface area (Å²) in [6.07, 6.45) is -2.91. The van der Waals surface area contributed by atoms with E-state index in [0.717, 1.165) is 45.3 Å². The Bertz CT molecular complexity index is 1310.